The molecular formula is C38H40F3N3O3. The van der Waals surface area contributed by atoms with E-state index >= 15 is 0 Å². The first-order chi connectivity index (χ1) is 22.7. The Labute approximate surface area is 274 Å². The van der Waals surface area contributed by atoms with Crippen LogP contribution in [-0.4, -0.2) is 69.2 Å². The van der Waals surface area contributed by atoms with Crippen LogP contribution in [0.4, 0.5) is 18.9 Å². The maximum Gasteiger partial charge on any atom is 0.416 e. The first-order valence-corrected chi connectivity index (χ1v) is 16.0. The second-order valence-corrected chi connectivity index (χ2v) is 12.4. The van der Waals surface area contributed by atoms with Crippen LogP contribution in [0, 0.1) is 0 Å². The standard InChI is InChI=1S/C38H40F3N3O3/c1-46-34-15-9-30(10-16-34)37(31-11-17-35(47-2)18-12-31)19-4-20-42(27-37)26-28-5-3-6-29(25-28)36(45)44-23-21-43(22-24-44)33-13-7-32(8-14-33)38(39,40)41/h3,5-18,25H,4,19-24,26-27H2,1-2H3. The zero-order valence-electron chi connectivity index (χ0n) is 26.8. The van der Waals surface area contributed by atoms with Crippen LogP contribution < -0.4 is 14.4 Å². The molecule has 0 spiro atoms. The molecule has 6 rings (SSSR count). The Kier molecular flexibility index (Phi) is 9.45. The fourth-order valence-corrected chi connectivity index (χ4v) is 7.01. The van der Waals surface area contributed by atoms with Crippen molar-refractivity contribution in [1.29, 1.82) is 0 Å². The zero-order chi connectivity index (χ0) is 33.0. The molecule has 0 saturated carbocycles. The molecule has 2 heterocycles. The van der Waals surface area contributed by atoms with Crippen LogP contribution in [0.25, 0.3) is 0 Å². The smallest absolute Gasteiger partial charge is 0.416 e. The maximum absolute atomic E-state index is 13.6. The predicted octanol–water partition coefficient (Wildman–Crippen LogP) is 7.27. The molecule has 246 valence electrons. The molecular weight excluding hydrogens is 603 g/mol. The number of hydrogen-bond donors (Lipinski definition) is 0. The lowest BCUT2D eigenvalue weighted by Gasteiger charge is -2.44. The molecule has 9 heteroatoms. The molecule has 1 amide bonds. The largest absolute Gasteiger partial charge is 0.497 e. The number of alkyl halides is 3. The fourth-order valence-electron chi connectivity index (χ4n) is 7.01. The van der Waals surface area contributed by atoms with E-state index in [1.54, 1.807) is 14.2 Å². The second kappa shape index (κ2) is 13.7. The quantitative estimate of drug-likeness (QED) is 0.202. The highest BCUT2D eigenvalue weighted by Gasteiger charge is 2.39. The minimum Gasteiger partial charge on any atom is -0.497 e. The predicted molar refractivity (Wildman–Crippen MR) is 177 cm³/mol. The Morgan fingerprint density at radius 2 is 1.36 bits per heavy atom. The Balaban J connectivity index is 1.14. The summed E-state index contributed by atoms with van der Waals surface area (Å²) in [5, 5.41) is 0. The Morgan fingerprint density at radius 3 is 1.91 bits per heavy atom. The first kappa shape index (κ1) is 32.4. The highest BCUT2D eigenvalue weighted by molar-refractivity contribution is 5.94. The number of ether oxygens (including phenoxy) is 2. The Hall–Kier alpha value is -4.50. The molecule has 4 aromatic carbocycles. The minimum absolute atomic E-state index is 0.0247. The van der Waals surface area contributed by atoms with Gasteiger partial charge >= 0.3 is 6.18 Å². The van der Waals surface area contributed by atoms with Crippen molar-refractivity contribution in [2.75, 3.05) is 58.4 Å². The molecule has 2 aliphatic heterocycles. The number of carbonyl (C=O) groups excluding carboxylic acids is 1. The number of halogens is 3. The third kappa shape index (κ3) is 7.10. The molecule has 47 heavy (non-hydrogen) atoms. The number of anilines is 1. The number of nitrogens with zero attached hydrogens (tertiary/aromatic N) is 3. The van der Waals surface area contributed by atoms with Crippen LogP contribution in [0.2, 0.25) is 0 Å². The number of piperidine rings is 1. The molecule has 2 fully saturated rings. The van der Waals surface area contributed by atoms with Gasteiger partial charge in [0.2, 0.25) is 0 Å². The topological polar surface area (TPSA) is 45.3 Å². The van der Waals surface area contributed by atoms with Crippen molar-refractivity contribution >= 4 is 11.6 Å². The van der Waals surface area contributed by atoms with Crippen molar-refractivity contribution < 1.29 is 27.4 Å². The molecule has 2 aliphatic rings. The van der Waals surface area contributed by atoms with Crippen LogP contribution in [0.1, 0.15) is 45.5 Å². The average Bonchev–Trinajstić information content (AvgIpc) is 3.11. The third-order valence-electron chi connectivity index (χ3n) is 9.56. The summed E-state index contributed by atoms with van der Waals surface area (Å²) in [6.45, 7) is 4.63. The number of carbonyl (C=O) groups is 1. The van der Waals surface area contributed by atoms with Gasteiger partial charge in [0, 0.05) is 55.9 Å². The summed E-state index contributed by atoms with van der Waals surface area (Å²) in [6, 6.07) is 29.9. The molecule has 4 aromatic rings. The van der Waals surface area contributed by atoms with Gasteiger partial charge in [0.25, 0.3) is 5.91 Å². The molecule has 0 radical (unpaired) electrons. The summed E-state index contributed by atoms with van der Waals surface area (Å²) in [4.78, 5) is 19.9. The van der Waals surface area contributed by atoms with Gasteiger partial charge in [-0.05, 0) is 96.7 Å². The van der Waals surface area contributed by atoms with E-state index in [-0.39, 0.29) is 11.3 Å². The highest BCUT2D eigenvalue weighted by atomic mass is 19.4. The third-order valence-corrected chi connectivity index (χ3v) is 9.56. The van der Waals surface area contributed by atoms with Crippen molar-refractivity contribution in [2.45, 2.75) is 31.0 Å². The van der Waals surface area contributed by atoms with E-state index in [1.165, 1.54) is 23.3 Å². The van der Waals surface area contributed by atoms with Crippen LogP contribution in [0.5, 0.6) is 11.5 Å². The van der Waals surface area contributed by atoms with Crippen molar-refractivity contribution in [1.82, 2.24) is 9.80 Å². The molecule has 0 bridgehead atoms. The number of rotatable bonds is 8. The highest BCUT2D eigenvalue weighted by Crippen LogP contribution is 2.42. The van der Waals surface area contributed by atoms with Gasteiger partial charge in [-0.15, -0.1) is 0 Å². The van der Waals surface area contributed by atoms with Gasteiger partial charge in [0.15, 0.2) is 0 Å². The lowest BCUT2D eigenvalue weighted by Crippen LogP contribution is -2.48. The molecule has 0 atom stereocenters. The summed E-state index contributed by atoms with van der Waals surface area (Å²) < 4.78 is 49.8. The molecule has 0 aromatic heterocycles. The van der Waals surface area contributed by atoms with E-state index < -0.39 is 11.7 Å². The lowest BCUT2D eigenvalue weighted by molar-refractivity contribution is -0.137. The number of benzene rings is 4. The molecule has 0 aliphatic carbocycles. The van der Waals surface area contributed by atoms with E-state index in [0.717, 1.165) is 67.4 Å². The number of methoxy groups -OCH3 is 2. The van der Waals surface area contributed by atoms with Gasteiger partial charge < -0.3 is 19.3 Å². The normalized spacial score (nSPS) is 17.0. The number of likely N-dealkylation sites (tertiary alicyclic amines) is 1. The Morgan fingerprint density at radius 1 is 0.766 bits per heavy atom. The van der Waals surface area contributed by atoms with Crippen LogP contribution >= 0.6 is 0 Å². The summed E-state index contributed by atoms with van der Waals surface area (Å²) in [5.41, 5.74) is 4.08. The number of hydrogen-bond acceptors (Lipinski definition) is 5. The van der Waals surface area contributed by atoms with Crippen LogP contribution in [0.15, 0.2) is 97.1 Å². The number of piperazine rings is 1. The summed E-state index contributed by atoms with van der Waals surface area (Å²) in [6.07, 6.45) is -2.32. The van der Waals surface area contributed by atoms with Crippen LogP contribution in [-0.2, 0) is 18.1 Å². The van der Waals surface area contributed by atoms with Gasteiger partial charge in [-0.1, -0.05) is 36.4 Å². The SMILES string of the molecule is COc1ccc(C2(c3ccc(OC)cc3)CCCN(Cc3cccc(C(=O)N4CCN(c5ccc(C(F)(F)F)cc5)CC4)c3)C2)cc1. The average molecular weight is 644 g/mol. The molecule has 6 nitrogen and oxygen atoms in total. The first-order valence-electron chi connectivity index (χ1n) is 16.0. The fraction of sp³-hybridized carbons (Fsp3) is 0.342. The van der Waals surface area contributed by atoms with Gasteiger partial charge in [0.05, 0.1) is 19.8 Å². The Bertz CT molecular complexity index is 1600. The molecule has 0 N–H and O–H groups in total. The minimum atomic E-state index is -4.36. The van der Waals surface area contributed by atoms with Gasteiger partial charge in [-0.25, -0.2) is 0 Å². The lowest BCUT2D eigenvalue weighted by atomic mass is 9.69. The van der Waals surface area contributed by atoms with E-state index in [9.17, 15) is 18.0 Å². The van der Waals surface area contributed by atoms with Crippen LogP contribution in [0.3, 0.4) is 0 Å². The van der Waals surface area contributed by atoms with Crippen molar-refractivity contribution in [2.24, 2.45) is 0 Å². The zero-order valence-corrected chi connectivity index (χ0v) is 26.8. The maximum atomic E-state index is 13.6. The number of amides is 1. The van der Waals surface area contributed by atoms with Gasteiger partial charge in [-0.3, -0.25) is 9.69 Å². The van der Waals surface area contributed by atoms with E-state index in [1.807, 2.05) is 52.3 Å². The van der Waals surface area contributed by atoms with E-state index in [2.05, 4.69) is 35.2 Å². The molecule has 2 saturated heterocycles. The second-order valence-electron chi connectivity index (χ2n) is 12.4. The van der Waals surface area contributed by atoms with Gasteiger partial charge in [0.1, 0.15) is 11.5 Å². The van der Waals surface area contributed by atoms with Crippen molar-refractivity contribution in [3.63, 3.8) is 0 Å². The van der Waals surface area contributed by atoms with E-state index in [4.69, 9.17) is 9.47 Å². The van der Waals surface area contributed by atoms with Crippen molar-refractivity contribution in [3.8, 4) is 11.5 Å². The van der Waals surface area contributed by atoms with Gasteiger partial charge in [-0.2, -0.15) is 13.2 Å². The van der Waals surface area contributed by atoms with Crippen molar-refractivity contribution in [3.05, 3.63) is 125 Å². The summed E-state index contributed by atoms with van der Waals surface area (Å²) in [7, 11) is 3.36. The summed E-state index contributed by atoms with van der Waals surface area (Å²) >= 11 is 0. The monoisotopic (exact) mass is 643 g/mol. The molecule has 0 unspecified atom stereocenters. The summed E-state index contributed by atoms with van der Waals surface area (Å²) in [5.74, 6) is 1.63. The van der Waals surface area contributed by atoms with E-state index in [0.29, 0.717) is 31.7 Å².